The zero-order valence-corrected chi connectivity index (χ0v) is 9.21. The summed E-state index contributed by atoms with van der Waals surface area (Å²) in [5.74, 6) is 1.12. The Hall–Kier alpha value is -1.74. The molecule has 0 saturated heterocycles. The summed E-state index contributed by atoms with van der Waals surface area (Å²) in [6, 6.07) is 11.6. The van der Waals surface area contributed by atoms with Crippen LogP contribution < -0.4 is 0 Å². The summed E-state index contributed by atoms with van der Waals surface area (Å²) >= 11 is 5.13. The van der Waals surface area contributed by atoms with Crippen LogP contribution in [0.3, 0.4) is 0 Å². The average Bonchev–Trinajstić information content (AvgIpc) is 2.83. The first-order valence-corrected chi connectivity index (χ1v) is 5.42. The quantitative estimate of drug-likeness (QED) is 0.702. The second kappa shape index (κ2) is 3.39. The number of ketones is 1. The SMILES string of the molecule is O=C1CC(=S)c2cc(-c3ccccc3)oc21. The van der Waals surface area contributed by atoms with E-state index in [0.29, 0.717) is 22.8 Å². The molecule has 1 aliphatic carbocycles. The summed E-state index contributed by atoms with van der Waals surface area (Å²) in [6.45, 7) is 0. The summed E-state index contributed by atoms with van der Waals surface area (Å²) in [6.07, 6.45) is 0.318. The van der Waals surface area contributed by atoms with E-state index in [2.05, 4.69) is 0 Å². The zero-order chi connectivity index (χ0) is 11.1. The van der Waals surface area contributed by atoms with Crippen LogP contribution in [-0.4, -0.2) is 10.6 Å². The fourth-order valence-corrected chi connectivity index (χ4v) is 2.15. The van der Waals surface area contributed by atoms with Crippen LogP contribution in [0.1, 0.15) is 22.5 Å². The Morgan fingerprint density at radius 2 is 1.94 bits per heavy atom. The van der Waals surface area contributed by atoms with E-state index in [4.69, 9.17) is 16.6 Å². The van der Waals surface area contributed by atoms with E-state index < -0.39 is 0 Å². The zero-order valence-electron chi connectivity index (χ0n) is 8.40. The molecule has 1 heterocycles. The smallest absolute Gasteiger partial charge is 0.203 e. The second-order valence-corrected chi connectivity index (χ2v) is 4.24. The Balaban J connectivity index is 2.14. The Bertz CT molecular complexity index is 550. The van der Waals surface area contributed by atoms with Gasteiger partial charge in [-0.3, -0.25) is 4.79 Å². The van der Waals surface area contributed by atoms with E-state index in [1.54, 1.807) is 0 Å². The second-order valence-electron chi connectivity index (χ2n) is 3.74. The van der Waals surface area contributed by atoms with Gasteiger partial charge < -0.3 is 4.42 Å². The highest BCUT2D eigenvalue weighted by Gasteiger charge is 2.29. The molecule has 0 N–H and O–H groups in total. The summed E-state index contributed by atoms with van der Waals surface area (Å²) < 4.78 is 5.56. The molecule has 3 rings (SSSR count). The van der Waals surface area contributed by atoms with Crippen LogP contribution in [0.5, 0.6) is 0 Å². The molecule has 1 aliphatic rings. The van der Waals surface area contributed by atoms with Crippen molar-refractivity contribution >= 4 is 22.9 Å². The van der Waals surface area contributed by atoms with Crippen LogP contribution in [0.2, 0.25) is 0 Å². The maximum absolute atomic E-state index is 11.5. The molecule has 2 aromatic rings. The van der Waals surface area contributed by atoms with Gasteiger partial charge >= 0.3 is 0 Å². The first-order valence-electron chi connectivity index (χ1n) is 5.01. The number of fused-ring (bicyclic) bond motifs is 1. The lowest BCUT2D eigenvalue weighted by Crippen LogP contribution is -1.91. The first kappa shape index (κ1) is 9.48. The topological polar surface area (TPSA) is 30.2 Å². The largest absolute Gasteiger partial charge is 0.452 e. The van der Waals surface area contributed by atoms with Gasteiger partial charge in [-0.25, -0.2) is 0 Å². The van der Waals surface area contributed by atoms with Gasteiger partial charge in [0.25, 0.3) is 0 Å². The number of hydrogen-bond donors (Lipinski definition) is 0. The van der Waals surface area contributed by atoms with E-state index in [1.807, 2.05) is 36.4 Å². The van der Waals surface area contributed by atoms with Crippen molar-refractivity contribution in [1.29, 1.82) is 0 Å². The summed E-state index contributed by atoms with van der Waals surface area (Å²) in [7, 11) is 0. The van der Waals surface area contributed by atoms with Crippen LogP contribution in [0.4, 0.5) is 0 Å². The van der Waals surface area contributed by atoms with Crippen LogP contribution in [0.15, 0.2) is 40.8 Å². The van der Waals surface area contributed by atoms with Crippen molar-refractivity contribution in [3.63, 3.8) is 0 Å². The summed E-state index contributed by atoms with van der Waals surface area (Å²) in [5, 5.41) is 0. The standard InChI is InChI=1S/C13H8O2S/c14-10-7-12(16)9-6-11(15-13(9)10)8-4-2-1-3-5-8/h1-6H,7H2. The van der Waals surface area contributed by atoms with E-state index in [-0.39, 0.29) is 5.78 Å². The number of carbonyl (C=O) groups is 1. The van der Waals surface area contributed by atoms with Crippen LogP contribution in [-0.2, 0) is 0 Å². The van der Waals surface area contributed by atoms with Gasteiger partial charge in [0.15, 0.2) is 5.76 Å². The van der Waals surface area contributed by atoms with Crippen molar-refractivity contribution in [2.24, 2.45) is 0 Å². The third-order valence-corrected chi connectivity index (χ3v) is 3.03. The number of rotatable bonds is 1. The molecule has 0 aliphatic heterocycles. The van der Waals surface area contributed by atoms with Crippen molar-refractivity contribution in [3.05, 3.63) is 47.7 Å². The van der Waals surface area contributed by atoms with E-state index in [9.17, 15) is 4.79 Å². The lowest BCUT2D eigenvalue weighted by molar-refractivity contribution is 0.0981. The van der Waals surface area contributed by atoms with Crippen molar-refractivity contribution in [3.8, 4) is 11.3 Å². The molecule has 0 saturated carbocycles. The fourth-order valence-electron chi connectivity index (χ4n) is 1.87. The van der Waals surface area contributed by atoms with Crippen molar-refractivity contribution in [2.75, 3.05) is 0 Å². The number of Topliss-reactive ketones (excluding diaryl/α,β-unsaturated/α-hetero) is 1. The van der Waals surface area contributed by atoms with Crippen molar-refractivity contribution < 1.29 is 9.21 Å². The predicted molar refractivity (Wildman–Crippen MR) is 64.8 cm³/mol. The molecular weight excluding hydrogens is 220 g/mol. The van der Waals surface area contributed by atoms with Gasteiger partial charge in [0, 0.05) is 16.0 Å². The minimum absolute atomic E-state index is 0.0119. The van der Waals surface area contributed by atoms with Gasteiger partial charge in [-0.2, -0.15) is 0 Å². The van der Waals surface area contributed by atoms with Crippen molar-refractivity contribution in [1.82, 2.24) is 0 Å². The summed E-state index contributed by atoms with van der Waals surface area (Å²) in [4.78, 5) is 12.2. The van der Waals surface area contributed by atoms with Gasteiger partial charge in [-0.1, -0.05) is 42.5 Å². The molecule has 0 fully saturated rings. The maximum atomic E-state index is 11.5. The van der Waals surface area contributed by atoms with E-state index in [1.165, 1.54) is 0 Å². The van der Waals surface area contributed by atoms with Gasteiger partial charge in [0.2, 0.25) is 5.78 Å². The summed E-state index contributed by atoms with van der Waals surface area (Å²) in [5.41, 5.74) is 1.76. The Morgan fingerprint density at radius 1 is 1.19 bits per heavy atom. The Labute approximate surface area is 97.9 Å². The van der Waals surface area contributed by atoms with Crippen LogP contribution in [0, 0.1) is 0 Å². The average molecular weight is 228 g/mol. The molecule has 0 amide bonds. The molecular formula is C13H8O2S. The minimum atomic E-state index is -0.0119. The maximum Gasteiger partial charge on any atom is 0.203 e. The highest BCUT2D eigenvalue weighted by atomic mass is 32.1. The third-order valence-electron chi connectivity index (χ3n) is 2.67. The molecule has 0 bridgehead atoms. The first-order chi connectivity index (χ1) is 7.75. The fraction of sp³-hybridized carbons (Fsp3) is 0.0769. The normalized spacial score (nSPS) is 14.2. The molecule has 0 unspecified atom stereocenters. The Kier molecular flexibility index (Phi) is 2.01. The molecule has 0 spiro atoms. The van der Waals surface area contributed by atoms with Gasteiger partial charge in [-0.05, 0) is 6.07 Å². The minimum Gasteiger partial charge on any atom is -0.452 e. The highest BCUT2D eigenvalue weighted by molar-refractivity contribution is 7.81. The number of hydrogen-bond acceptors (Lipinski definition) is 3. The molecule has 78 valence electrons. The lowest BCUT2D eigenvalue weighted by Gasteiger charge is -1.95. The molecule has 3 heteroatoms. The van der Waals surface area contributed by atoms with Crippen molar-refractivity contribution in [2.45, 2.75) is 6.42 Å². The molecule has 0 radical (unpaired) electrons. The lowest BCUT2D eigenvalue weighted by atomic mass is 10.1. The number of thiocarbonyl (C=S) groups is 1. The molecule has 0 atom stereocenters. The number of carbonyl (C=O) groups excluding carboxylic acids is 1. The third kappa shape index (κ3) is 1.32. The Morgan fingerprint density at radius 3 is 2.62 bits per heavy atom. The van der Waals surface area contributed by atoms with Gasteiger partial charge in [0.05, 0.1) is 6.42 Å². The molecule has 1 aromatic heterocycles. The molecule has 16 heavy (non-hydrogen) atoms. The van der Waals surface area contributed by atoms with E-state index >= 15 is 0 Å². The van der Waals surface area contributed by atoms with E-state index in [0.717, 1.165) is 11.1 Å². The molecule has 2 nitrogen and oxygen atoms in total. The predicted octanol–water partition coefficient (Wildman–Crippen LogP) is 3.25. The highest BCUT2D eigenvalue weighted by Crippen LogP contribution is 2.31. The molecule has 1 aromatic carbocycles. The van der Waals surface area contributed by atoms with Gasteiger partial charge in [-0.15, -0.1) is 0 Å². The van der Waals surface area contributed by atoms with Gasteiger partial charge in [0.1, 0.15) is 5.76 Å². The monoisotopic (exact) mass is 228 g/mol. The number of furan rings is 1. The van der Waals surface area contributed by atoms with Crippen LogP contribution in [0.25, 0.3) is 11.3 Å². The number of benzene rings is 1. The van der Waals surface area contributed by atoms with Crippen LogP contribution >= 0.6 is 12.2 Å².